The maximum Gasteiger partial charge on any atom is 0.169 e. The second-order valence-corrected chi connectivity index (χ2v) is 4.55. The Morgan fingerprint density at radius 3 is 2.93 bits per heavy atom. The highest BCUT2D eigenvalue weighted by Gasteiger charge is 2.29. The van der Waals surface area contributed by atoms with Crippen LogP contribution in [0.1, 0.15) is 43.0 Å². The fourth-order valence-corrected chi connectivity index (χ4v) is 2.47. The van der Waals surface area contributed by atoms with E-state index in [1.165, 1.54) is 12.8 Å². The molecule has 0 N–H and O–H groups in total. The molecular formula is C12H18N2O. The van der Waals surface area contributed by atoms with Crippen LogP contribution in [0, 0.1) is 11.8 Å². The molecule has 1 aliphatic carbocycles. The molecule has 82 valence electrons. The molecule has 0 spiro atoms. The van der Waals surface area contributed by atoms with Gasteiger partial charge in [0.1, 0.15) is 0 Å². The zero-order valence-corrected chi connectivity index (χ0v) is 9.44. The van der Waals surface area contributed by atoms with Gasteiger partial charge in [-0.1, -0.05) is 13.3 Å². The summed E-state index contributed by atoms with van der Waals surface area (Å²) in [4.78, 5) is 12.1. The van der Waals surface area contributed by atoms with Gasteiger partial charge in [0.05, 0.1) is 11.8 Å². The Hall–Kier alpha value is -1.12. The molecule has 1 fully saturated rings. The smallest absolute Gasteiger partial charge is 0.169 e. The van der Waals surface area contributed by atoms with Crippen molar-refractivity contribution in [2.24, 2.45) is 18.9 Å². The summed E-state index contributed by atoms with van der Waals surface area (Å²) in [6.45, 7) is 2.21. The summed E-state index contributed by atoms with van der Waals surface area (Å²) in [6.07, 6.45) is 8.06. The van der Waals surface area contributed by atoms with Gasteiger partial charge >= 0.3 is 0 Å². The lowest BCUT2D eigenvalue weighted by Gasteiger charge is -2.07. The third kappa shape index (κ3) is 2.11. The van der Waals surface area contributed by atoms with Crippen LogP contribution in [0.3, 0.4) is 0 Å². The monoisotopic (exact) mass is 206 g/mol. The highest BCUT2D eigenvalue weighted by atomic mass is 16.1. The second-order valence-electron chi connectivity index (χ2n) is 4.55. The van der Waals surface area contributed by atoms with E-state index in [1.807, 2.05) is 13.2 Å². The van der Waals surface area contributed by atoms with Crippen LogP contribution in [0.5, 0.6) is 0 Å². The lowest BCUT2D eigenvalue weighted by Crippen LogP contribution is -2.11. The van der Waals surface area contributed by atoms with E-state index in [0.29, 0.717) is 5.78 Å². The molecule has 2 atom stereocenters. The summed E-state index contributed by atoms with van der Waals surface area (Å²) < 4.78 is 1.69. The predicted octanol–water partition coefficient (Wildman–Crippen LogP) is 2.43. The third-order valence-electron chi connectivity index (χ3n) is 3.48. The first-order valence-electron chi connectivity index (χ1n) is 5.73. The van der Waals surface area contributed by atoms with Crippen LogP contribution < -0.4 is 0 Å². The van der Waals surface area contributed by atoms with E-state index >= 15 is 0 Å². The molecule has 0 aromatic carbocycles. The topological polar surface area (TPSA) is 34.9 Å². The van der Waals surface area contributed by atoms with Crippen LogP contribution in [0.4, 0.5) is 0 Å². The zero-order valence-electron chi connectivity index (χ0n) is 9.44. The quantitative estimate of drug-likeness (QED) is 0.712. The highest BCUT2D eigenvalue weighted by molar-refractivity contribution is 5.97. The Morgan fingerprint density at radius 2 is 2.40 bits per heavy atom. The molecule has 1 aromatic heterocycles. The average Bonchev–Trinajstić information content (AvgIpc) is 2.84. The van der Waals surface area contributed by atoms with Crippen molar-refractivity contribution >= 4 is 5.78 Å². The minimum atomic E-state index is 0.249. The Bertz CT molecular complexity index is 356. The van der Waals surface area contributed by atoms with Crippen molar-refractivity contribution in [2.45, 2.75) is 32.6 Å². The molecule has 3 nitrogen and oxygen atoms in total. The largest absolute Gasteiger partial charge is 0.294 e. The number of aromatic nitrogens is 2. The summed E-state index contributed by atoms with van der Waals surface area (Å²) in [5.41, 5.74) is 0.777. The molecule has 3 heteroatoms. The number of aryl methyl sites for hydroxylation is 1. The molecule has 0 aliphatic heterocycles. The van der Waals surface area contributed by atoms with Crippen molar-refractivity contribution in [3.8, 4) is 0 Å². The summed E-state index contributed by atoms with van der Waals surface area (Å²) in [6, 6.07) is 0. The first-order chi connectivity index (χ1) is 7.20. The van der Waals surface area contributed by atoms with E-state index in [4.69, 9.17) is 0 Å². The molecule has 2 unspecified atom stereocenters. The predicted molar refractivity (Wildman–Crippen MR) is 58.7 cm³/mol. The van der Waals surface area contributed by atoms with E-state index in [-0.39, 0.29) is 5.92 Å². The fraction of sp³-hybridized carbons (Fsp3) is 0.667. The van der Waals surface area contributed by atoms with E-state index in [0.717, 1.165) is 24.3 Å². The van der Waals surface area contributed by atoms with Crippen molar-refractivity contribution < 1.29 is 4.79 Å². The van der Waals surface area contributed by atoms with E-state index in [9.17, 15) is 4.79 Å². The van der Waals surface area contributed by atoms with E-state index in [2.05, 4.69) is 12.0 Å². The molecule has 1 aromatic rings. The number of hydrogen-bond acceptors (Lipinski definition) is 2. The zero-order chi connectivity index (χ0) is 10.8. The molecule has 0 saturated heterocycles. The molecule has 1 heterocycles. The number of Topliss-reactive ketones (excluding diaryl/α,β-unsaturated/α-hetero) is 1. The van der Waals surface area contributed by atoms with Crippen LogP contribution >= 0.6 is 0 Å². The van der Waals surface area contributed by atoms with Crippen molar-refractivity contribution in [2.75, 3.05) is 0 Å². The van der Waals surface area contributed by atoms with Crippen LogP contribution in [-0.2, 0) is 7.05 Å². The number of carbonyl (C=O) groups excluding carboxylic acids is 1. The summed E-state index contributed by atoms with van der Waals surface area (Å²) in [5.74, 6) is 1.30. The Balaban J connectivity index is 2.03. The van der Waals surface area contributed by atoms with Gasteiger partial charge in [0, 0.05) is 19.2 Å². The maximum atomic E-state index is 12.1. The molecular weight excluding hydrogens is 188 g/mol. The number of nitrogens with zero attached hydrogens (tertiary/aromatic N) is 2. The Morgan fingerprint density at radius 1 is 1.60 bits per heavy atom. The van der Waals surface area contributed by atoms with Crippen molar-refractivity contribution in [1.82, 2.24) is 9.78 Å². The van der Waals surface area contributed by atoms with Crippen molar-refractivity contribution in [3.63, 3.8) is 0 Å². The lowest BCUT2D eigenvalue weighted by atomic mass is 9.96. The van der Waals surface area contributed by atoms with Gasteiger partial charge in [-0.2, -0.15) is 5.10 Å². The van der Waals surface area contributed by atoms with Crippen LogP contribution in [0.2, 0.25) is 0 Å². The highest BCUT2D eigenvalue weighted by Crippen LogP contribution is 2.34. The van der Waals surface area contributed by atoms with Gasteiger partial charge in [-0.25, -0.2) is 0 Å². The Kier molecular flexibility index (Phi) is 2.89. The van der Waals surface area contributed by atoms with E-state index in [1.54, 1.807) is 10.9 Å². The standard InChI is InChI=1S/C12H18N2O/c1-3-9-4-5-10(6-9)12(15)11-7-13-14(2)8-11/h7-10H,3-6H2,1-2H3. The van der Waals surface area contributed by atoms with Crippen molar-refractivity contribution in [3.05, 3.63) is 18.0 Å². The second kappa shape index (κ2) is 4.17. The molecule has 2 rings (SSSR count). The van der Waals surface area contributed by atoms with Gasteiger partial charge in [-0.3, -0.25) is 9.48 Å². The van der Waals surface area contributed by atoms with Gasteiger partial charge in [-0.05, 0) is 25.2 Å². The lowest BCUT2D eigenvalue weighted by molar-refractivity contribution is 0.0920. The molecule has 1 saturated carbocycles. The Labute approximate surface area is 90.5 Å². The van der Waals surface area contributed by atoms with Gasteiger partial charge in [-0.15, -0.1) is 0 Å². The fourth-order valence-electron chi connectivity index (χ4n) is 2.47. The number of ketones is 1. The first-order valence-corrected chi connectivity index (χ1v) is 5.73. The molecule has 15 heavy (non-hydrogen) atoms. The summed E-state index contributed by atoms with van der Waals surface area (Å²) in [5, 5.41) is 4.04. The number of rotatable bonds is 3. The minimum absolute atomic E-state index is 0.249. The summed E-state index contributed by atoms with van der Waals surface area (Å²) >= 11 is 0. The first kappa shape index (κ1) is 10.4. The van der Waals surface area contributed by atoms with Gasteiger partial charge < -0.3 is 0 Å². The average molecular weight is 206 g/mol. The maximum absolute atomic E-state index is 12.1. The van der Waals surface area contributed by atoms with Gasteiger partial charge in [0.25, 0.3) is 0 Å². The van der Waals surface area contributed by atoms with Crippen LogP contribution in [0.15, 0.2) is 12.4 Å². The van der Waals surface area contributed by atoms with Gasteiger partial charge in [0.15, 0.2) is 5.78 Å². The normalized spacial score (nSPS) is 25.7. The van der Waals surface area contributed by atoms with Crippen LogP contribution in [0.25, 0.3) is 0 Å². The summed E-state index contributed by atoms with van der Waals surface area (Å²) in [7, 11) is 1.85. The molecule has 0 amide bonds. The molecule has 1 aliphatic rings. The molecule has 0 bridgehead atoms. The number of carbonyl (C=O) groups is 1. The third-order valence-corrected chi connectivity index (χ3v) is 3.48. The number of hydrogen-bond donors (Lipinski definition) is 0. The van der Waals surface area contributed by atoms with Crippen molar-refractivity contribution in [1.29, 1.82) is 0 Å². The SMILES string of the molecule is CCC1CCC(C(=O)c2cnn(C)c2)C1. The minimum Gasteiger partial charge on any atom is -0.294 e. The van der Waals surface area contributed by atoms with E-state index < -0.39 is 0 Å². The molecule has 0 radical (unpaired) electrons. The van der Waals surface area contributed by atoms with Gasteiger partial charge in [0.2, 0.25) is 0 Å². The van der Waals surface area contributed by atoms with Crippen LogP contribution in [-0.4, -0.2) is 15.6 Å².